The van der Waals surface area contributed by atoms with Gasteiger partial charge in [0.05, 0.1) is 0 Å². The molecule has 2 aromatic carbocycles. The average Bonchev–Trinajstić information content (AvgIpc) is 2.47. The van der Waals surface area contributed by atoms with E-state index >= 15 is 0 Å². The zero-order valence-corrected chi connectivity index (χ0v) is 10.1. The summed E-state index contributed by atoms with van der Waals surface area (Å²) in [6.07, 6.45) is 0.683. The van der Waals surface area contributed by atoms with E-state index < -0.39 is 12.5 Å². The summed E-state index contributed by atoms with van der Waals surface area (Å²) in [7, 11) is 0. The highest BCUT2D eigenvalue weighted by molar-refractivity contribution is 5.74. The van der Waals surface area contributed by atoms with Gasteiger partial charge in [0.15, 0.2) is 6.61 Å². The summed E-state index contributed by atoms with van der Waals surface area (Å²) in [4.78, 5) is 10.5. The molecule has 2 aromatic rings. The third-order valence-corrected chi connectivity index (χ3v) is 2.63. The number of hydrogen-bond acceptors (Lipinski definition) is 2. The number of carbonyl (C=O) groups excluding carboxylic acids is 1. The molecule has 98 valence electrons. The lowest BCUT2D eigenvalue weighted by atomic mass is 10.1. The Labute approximate surface area is 109 Å². The fourth-order valence-electron chi connectivity index (χ4n) is 1.58. The Kier molecular flexibility index (Phi) is 3.90. The van der Waals surface area contributed by atoms with Gasteiger partial charge in [-0.05, 0) is 24.3 Å². The van der Waals surface area contributed by atoms with Gasteiger partial charge in [0.2, 0.25) is 0 Å². The molecule has 0 saturated carbocycles. The maximum absolute atomic E-state index is 13.8. The van der Waals surface area contributed by atoms with Crippen molar-refractivity contribution in [3.63, 3.8) is 0 Å². The highest BCUT2D eigenvalue weighted by atomic mass is 19.3. The van der Waals surface area contributed by atoms with Crippen molar-refractivity contribution >= 4 is 6.29 Å². The molecule has 0 unspecified atom stereocenters. The second-order valence-electron chi connectivity index (χ2n) is 4.05. The molecule has 4 heteroatoms. The molecule has 0 aliphatic heterocycles. The topological polar surface area (TPSA) is 26.3 Å². The SMILES string of the molecule is O=Cc1ccc(OCC(F)(F)c2ccccc2)cc1. The molecule has 0 bridgehead atoms. The molecule has 0 amide bonds. The summed E-state index contributed by atoms with van der Waals surface area (Å²) in [5.74, 6) is -2.74. The van der Waals surface area contributed by atoms with Crippen molar-refractivity contribution < 1.29 is 18.3 Å². The molecular weight excluding hydrogens is 250 g/mol. The highest BCUT2D eigenvalue weighted by Crippen LogP contribution is 2.28. The maximum Gasteiger partial charge on any atom is 0.306 e. The van der Waals surface area contributed by atoms with Crippen LogP contribution >= 0.6 is 0 Å². The standard InChI is InChI=1S/C15H12F2O2/c16-15(17,13-4-2-1-3-5-13)11-19-14-8-6-12(10-18)7-9-14/h1-10H,11H2. The zero-order valence-electron chi connectivity index (χ0n) is 10.1. The Morgan fingerprint density at radius 1 is 1.00 bits per heavy atom. The molecule has 2 nitrogen and oxygen atoms in total. The van der Waals surface area contributed by atoms with Gasteiger partial charge in [-0.2, -0.15) is 8.78 Å². The minimum Gasteiger partial charge on any atom is -0.487 e. The monoisotopic (exact) mass is 262 g/mol. The molecule has 0 spiro atoms. The maximum atomic E-state index is 13.8. The molecule has 0 N–H and O–H groups in total. The third-order valence-electron chi connectivity index (χ3n) is 2.63. The van der Waals surface area contributed by atoms with Crippen LogP contribution in [0, 0.1) is 0 Å². The summed E-state index contributed by atoms with van der Waals surface area (Å²) in [6, 6.07) is 13.5. The predicted molar refractivity (Wildman–Crippen MR) is 67.7 cm³/mol. The quantitative estimate of drug-likeness (QED) is 0.768. The van der Waals surface area contributed by atoms with Crippen LogP contribution in [0.1, 0.15) is 15.9 Å². The lowest BCUT2D eigenvalue weighted by Gasteiger charge is -2.17. The fourth-order valence-corrected chi connectivity index (χ4v) is 1.58. The molecule has 0 heterocycles. The minimum absolute atomic E-state index is 0.0838. The summed E-state index contributed by atoms with van der Waals surface area (Å²) in [6.45, 7) is -0.739. The van der Waals surface area contributed by atoms with E-state index in [1.54, 1.807) is 18.2 Å². The van der Waals surface area contributed by atoms with Crippen LogP contribution in [0.2, 0.25) is 0 Å². The van der Waals surface area contributed by atoms with E-state index in [9.17, 15) is 13.6 Å². The minimum atomic E-state index is -3.05. The molecule has 19 heavy (non-hydrogen) atoms. The number of halogens is 2. The molecular formula is C15H12F2O2. The van der Waals surface area contributed by atoms with Crippen molar-refractivity contribution in [3.8, 4) is 5.75 Å². The van der Waals surface area contributed by atoms with Crippen molar-refractivity contribution in [1.82, 2.24) is 0 Å². The number of aldehydes is 1. The van der Waals surface area contributed by atoms with E-state index in [-0.39, 0.29) is 5.56 Å². The Bertz CT molecular complexity index is 536. The number of rotatable bonds is 5. The molecule has 0 atom stereocenters. The van der Waals surface area contributed by atoms with Gasteiger partial charge in [-0.15, -0.1) is 0 Å². The first kappa shape index (κ1) is 13.2. The van der Waals surface area contributed by atoms with Crippen LogP contribution in [0.5, 0.6) is 5.75 Å². The molecule has 0 fully saturated rings. The lowest BCUT2D eigenvalue weighted by molar-refractivity contribution is -0.0467. The smallest absolute Gasteiger partial charge is 0.306 e. The van der Waals surface area contributed by atoms with Crippen LogP contribution in [0.3, 0.4) is 0 Å². The van der Waals surface area contributed by atoms with E-state index in [2.05, 4.69) is 0 Å². The van der Waals surface area contributed by atoms with Crippen molar-refractivity contribution in [2.45, 2.75) is 5.92 Å². The van der Waals surface area contributed by atoms with E-state index in [0.29, 0.717) is 17.6 Å². The fraction of sp³-hybridized carbons (Fsp3) is 0.133. The molecule has 0 radical (unpaired) electrons. The first-order valence-electron chi connectivity index (χ1n) is 5.73. The average molecular weight is 262 g/mol. The Balaban J connectivity index is 2.03. The van der Waals surface area contributed by atoms with E-state index in [1.807, 2.05) is 0 Å². The molecule has 0 aliphatic carbocycles. The van der Waals surface area contributed by atoms with Crippen LogP contribution in [0.15, 0.2) is 54.6 Å². The van der Waals surface area contributed by atoms with Crippen LogP contribution < -0.4 is 4.74 Å². The highest BCUT2D eigenvalue weighted by Gasteiger charge is 2.32. The molecule has 2 rings (SSSR count). The molecule has 0 saturated heterocycles. The Morgan fingerprint density at radius 2 is 1.63 bits per heavy atom. The van der Waals surface area contributed by atoms with Gasteiger partial charge >= 0.3 is 5.92 Å². The summed E-state index contributed by atoms with van der Waals surface area (Å²) >= 11 is 0. The number of hydrogen-bond donors (Lipinski definition) is 0. The van der Waals surface area contributed by atoms with E-state index in [0.717, 1.165) is 0 Å². The number of ether oxygens (including phenoxy) is 1. The van der Waals surface area contributed by atoms with Gasteiger partial charge < -0.3 is 4.74 Å². The van der Waals surface area contributed by atoms with Gasteiger partial charge in [-0.1, -0.05) is 30.3 Å². The van der Waals surface area contributed by atoms with Gasteiger partial charge in [-0.3, -0.25) is 4.79 Å². The van der Waals surface area contributed by atoms with Crippen molar-refractivity contribution in [2.75, 3.05) is 6.61 Å². The van der Waals surface area contributed by atoms with Crippen LogP contribution in [-0.4, -0.2) is 12.9 Å². The second kappa shape index (κ2) is 5.61. The number of carbonyl (C=O) groups is 1. The number of benzene rings is 2. The summed E-state index contributed by atoms with van der Waals surface area (Å²) in [5.41, 5.74) is 0.390. The van der Waals surface area contributed by atoms with Crippen molar-refractivity contribution in [1.29, 1.82) is 0 Å². The predicted octanol–water partition coefficient (Wildman–Crippen LogP) is 3.67. The Morgan fingerprint density at radius 3 is 2.21 bits per heavy atom. The first-order valence-corrected chi connectivity index (χ1v) is 5.73. The van der Waals surface area contributed by atoms with Crippen LogP contribution in [0.4, 0.5) is 8.78 Å². The van der Waals surface area contributed by atoms with Crippen LogP contribution in [-0.2, 0) is 5.92 Å². The van der Waals surface area contributed by atoms with Crippen molar-refractivity contribution in [3.05, 3.63) is 65.7 Å². The lowest BCUT2D eigenvalue weighted by Crippen LogP contribution is -2.23. The van der Waals surface area contributed by atoms with Gasteiger partial charge in [0.1, 0.15) is 12.0 Å². The van der Waals surface area contributed by atoms with Gasteiger partial charge in [0, 0.05) is 11.1 Å². The Hall–Kier alpha value is -2.23. The third kappa shape index (κ3) is 3.37. The van der Waals surface area contributed by atoms with Gasteiger partial charge in [-0.25, -0.2) is 0 Å². The van der Waals surface area contributed by atoms with Gasteiger partial charge in [0.25, 0.3) is 0 Å². The normalized spacial score (nSPS) is 11.1. The summed E-state index contributed by atoms with van der Waals surface area (Å²) < 4.78 is 32.7. The largest absolute Gasteiger partial charge is 0.487 e. The first-order chi connectivity index (χ1) is 9.12. The van der Waals surface area contributed by atoms with E-state index in [4.69, 9.17) is 4.74 Å². The van der Waals surface area contributed by atoms with E-state index in [1.165, 1.54) is 36.4 Å². The molecule has 0 aromatic heterocycles. The van der Waals surface area contributed by atoms with Crippen molar-refractivity contribution in [2.24, 2.45) is 0 Å². The second-order valence-corrected chi connectivity index (χ2v) is 4.05. The summed E-state index contributed by atoms with van der Waals surface area (Å²) in [5, 5.41) is 0. The number of alkyl halides is 2. The zero-order chi connectivity index (χ0) is 13.7. The molecule has 0 aliphatic rings. The van der Waals surface area contributed by atoms with Crippen LogP contribution in [0.25, 0.3) is 0 Å².